The first-order valence-corrected chi connectivity index (χ1v) is 3.33. The predicted octanol–water partition coefficient (Wildman–Crippen LogP) is 1.24. The monoisotopic (exact) mass is 184 g/mol. The zero-order valence-electron chi connectivity index (χ0n) is 5.97. The molecule has 2 atom stereocenters. The molecule has 0 bridgehead atoms. The van der Waals surface area contributed by atoms with E-state index in [0.717, 1.165) is 0 Å². The highest BCUT2D eigenvalue weighted by Gasteiger charge is 2.45. The summed E-state index contributed by atoms with van der Waals surface area (Å²) in [5.74, 6) is -2.16. The minimum absolute atomic E-state index is 0.283. The van der Waals surface area contributed by atoms with Crippen LogP contribution in [-0.4, -0.2) is 24.0 Å². The van der Waals surface area contributed by atoms with Crippen LogP contribution in [0.1, 0.15) is 6.42 Å². The lowest BCUT2D eigenvalue weighted by Gasteiger charge is -2.05. The Morgan fingerprint density at radius 2 is 2.17 bits per heavy atom. The number of hydrogen-bond acceptors (Lipinski definition) is 2. The Morgan fingerprint density at radius 3 is 2.50 bits per heavy atom. The van der Waals surface area contributed by atoms with Crippen LogP contribution in [-0.2, 0) is 9.53 Å². The Hall–Kier alpha value is -0.780. The van der Waals surface area contributed by atoms with Crippen molar-refractivity contribution in [3.05, 3.63) is 0 Å². The van der Waals surface area contributed by atoms with E-state index in [4.69, 9.17) is 5.11 Å². The number of rotatable bonds is 3. The standard InChI is InChI=1S/C6H7F3O3/c7-6(8,9)12-2-3-1-4(3)5(10)11/h3-4H,1-2H2,(H,10,11)/t3-,4+/m1/s1. The molecule has 0 spiro atoms. The van der Waals surface area contributed by atoms with Crippen molar-refractivity contribution in [2.45, 2.75) is 12.8 Å². The molecule has 1 saturated carbocycles. The number of ether oxygens (including phenoxy) is 1. The van der Waals surface area contributed by atoms with Crippen LogP contribution in [0.2, 0.25) is 0 Å². The maximum Gasteiger partial charge on any atom is 0.522 e. The molecule has 1 rings (SSSR count). The lowest BCUT2D eigenvalue weighted by molar-refractivity contribution is -0.326. The second-order valence-corrected chi connectivity index (χ2v) is 2.70. The molecule has 0 aromatic heterocycles. The molecule has 0 amide bonds. The van der Waals surface area contributed by atoms with Gasteiger partial charge in [0, 0.05) is 0 Å². The molecule has 3 nitrogen and oxygen atoms in total. The highest BCUT2D eigenvalue weighted by Crippen LogP contribution is 2.39. The van der Waals surface area contributed by atoms with Gasteiger partial charge in [-0.3, -0.25) is 9.53 Å². The maximum absolute atomic E-state index is 11.4. The van der Waals surface area contributed by atoms with Crippen LogP contribution >= 0.6 is 0 Å². The molecular weight excluding hydrogens is 177 g/mol. The Balaban J connectivity index is 2.16. The van der Waals surface area contributed by atoms with E-state index in [0.29, 0.717) is 0 Å². The lowest BCUT2D eigenvalue weighted by atomic mass is 10.3. The molecule has 0 aliphatic heterocycles. The molecule has 6 heteroatoms. The summed E-state index contributed by atoms with van der Waals surface area (Å²) < 4.78 is 37.7. The quantitative estimate of drug-likeness (QED) is 0.717. The van der Waals surface area contributed by atoms with Crippen molar-refractivity contribution >= 4 is 5.97 Å². The van der Waals surface area contributed by atoms with Crippen LogP contribution in [0.25, 0.3) is 0 Å². The zero-order valence-corrected chi connectivity index (χ0v) is 5.97. The van der Waals surface area contributed by atoms with Gasteiger partial charge in [-0.05, 0) is 12.3 Å². The lowest BCUT2D eigenvalue weighted by Crippen LogP contribution is -2.16. The van der Waals surface area contributed by atoms with Crippen LogP contribution in [0.3, 0.4) is 0 Å². The van der Waals surface area contributed by atoms with Gasteiger partial charge in [-0.25, -0.2) is 0 Å². The molecule has 0 radical (unpaired) electrons. The number of carbonyl (C=O) groups is 1. The number of carboxylic acid groups (broad SMARTS) is 1. The minimum atomic E-state index is -4.65. The van der Waals surface area contributed by atoms with E-state index >= 15 is 0 Å². The van der Waals surface area contributed by atoms with Gasteiger partial charge in [0.2, 0.25) is 0 Å². The molecule has 0 saturated heterocycles. The number of carboxylic acids is 1. The summed E-state index contributed by atoms with van der Waals surface area (Å²) in [6.45, 7) is -0.541. The highest BCUT2D eigenvalue weighted by molar-refractivity contribution is 5.73. The van der Waals surface area contributed by atoms with Crippen molar-refractivity contribution in [3.8, 4) is 0 Å². The van der Waals surface area contributed by atoms with Crippen molar-refractivity contribution in [2.24, 2.45) is 11.8 Å². The van der Waals surface area contributed by atoms with Gasteiger partial charge in [0.15, 0.2) is 0 Å². The Labute approximate surface area is 66.1 Å². The fourth-order valence-electron chi connectivity index (χ4n) is 0.936. The van der Waals surface area contributed by atoms with Crippen molar-refractivity contribution in [1.82, 2.24) is 0 Å². The van der Waals surface area contributed by atoms with Crippen LogP contribution in [0.5, 0.6) is 0 Å². The van der Waals surface area contributed by atoms with Gasteiger partial charge in [-0.2, -0.15) is 0 Å². The number of halogens is 3. The highest BCUT2D eigenvalue weighted by atomic mass is 19.4. The van der Waals surface area contributed by atoms with Crippen LogP contribution < -0.4 is 0 Å². The fourth-order valence-corrected chi connectivity index (χ4v) is 0.936. The summed E-state index contributed by atoms with van der Waals surface area (Å²) in [7, 11) is 0. The average molecular weight is 184 g/mol. The molecule has 70 valence electrons. The van der Waals surface area contributed by atoms with Crippen LogP contribution in [0.4, 0.5) is 13.2 Å². The van der Waals surface area contributed by atoms with E-state index in [2.05, 4.69) is 4.74 Å². The normalized spacial score (nSPS) is 28.6. The van der Waals surface area contributed by atoms with Gasteiger partial charge >= 0.3 is 12.3 Å². The smallest absolute Gasteiger partial charge is 0.481 e. The van der Waals surface area contributed by atoms with Gasteiger partial charge in [0.05, 0.1) is 12.5 Å². The van der Waals surface area contributed by atoms with Crippen molar-refractivity contribution in [3.63, 3.8) is 0 Å². The molecule has 1 N–H and O–H groups in total. The van der Waals surface area contributed by atoms with E-state index in [1.807, 2.05) is 0 Å². The first kappa shape index (κ1) is 9.31. The first-order valence-electron chi connectivity index (χ1n) is 3.33. The summed E-state index contributed by atoms with van der Waals surface area (Å²) in [5.41, 5.74) is 0. The summed E-state index contributed by atoms with van der Waals surface area (Å²) in [5, 5.41) is 8.32. The van der Waals surface area contributed by atoms with E-state index in [1.165, 1.54) is 0 Å². The van der Waals surface area contributed by atoms with Gasteiger partial charge in [-0.15, -0.1) is 13.2 Å². The average Bonchev–Trinajstić information content (AvgIpc) is 2.59. The van der Waals surface area contributed by atoms with Gasteiger partial charge < -0.3 is 5.11 Å². The molecule has 1 aliphatic rings. The van der Waals surface area contributed by atoms with Crippen molar-refractivity contribution in [2.75, 3.05) is 6.61 Å². The number of alkyl halides is 3. The van der Waals surface area contributed by atoms with Gasteiger partial charge in [-0.1, -0.05) is 0 Å². The number of aliphatic carboxylic acids is 1. The Bertz CT molecular complexity index is 189. The summed E-state index contributed by atoms with van der Waals surface area (Å²) >= 11 is 0. The summed E-state index contributed by atoms with van der Waals surface area (Å²) in [4.78, 5) is 10.2. The molecule has 0 aromatic carbocycles. The van der Waals surface area contributed by atoms with Gasteiger partial charge in [0.1, 0.15) is 0 Å². The fraction of sp³-hybridized carbons (Fsp3) is 0.833. The van der Waals surface area contributed by atoms with E-state index in [-0.39, 0.29) is 6.42 Å². The minimum Gasteiger partial charge on any atom is -0.481 e. The topological polar surface area (TPSA) is 46.5 Å². The van der Waals surface area contributed by atoms with Gasteiger partial charge in [0.25, 0.3) is 0 Å². The molecule has 0 aromatic rings. The predicted molar refractivity (Wildman–Crippen MR) is 31.2 cm³/mol. The second-order valence-electron chi connectivity index (χ2n) is 2.70. The Kier molecular flexibility index (Phi) is 2.27. The first-order chi connectivity index (χ1) is 5.40. The summed E-state index contributed by atoms with van der Waals surface area (Å²) in [6.07, 6.45) is -4.36. The third kappa shape index (κ3) is 2.69. The van der Waals surface area contributed by atoms with Crippen molar-refractivity contribution in [1.29, 1.82) is 0 Å². The van der Waals surface area contributed by atoms with E-state index < -0.39 is 30.8 Å². The molecule has 1 aliphatic carbocycles. The molecular formula is C6H7F3O3. The maximum atomic E-state index is 11.4. The number of hydrogen-bond donors (Lipinski definition) is 1. The molecule has 1 fully saturated rings. The molecule has 0 heterocycles. The zero-order chi connectivity index (χ0) is 9.35. The van der Waals surface area contributed by atoms with E-state index in [9.17, 15) is 18.0 Å². The Morgan fingerprint density at radius 1 is 1.58 bits per heavy atom. The molecule has 0 unspecified atom stereocenters. The summed E-state index contributed by atoms with van der Waals surface area (Å²) in [6, 6.07) is 0. The molecule has 12 heavy (non-hydrogen) atoms. The third-order valence-electron chi connectivity index (χ3n) is 1.70. The van der Waals surface area contributed by atoms with Crippen molar-refractivity contribution < 1.29 is 27.8 Å². The van der Waals surface area contributed by atoms with Crippen LogP contribution in [0.15, 0.2) is 0 Å². The SMILES string of the molecule is O=C(O)[C@H]1C[C@@H]1COC(F)(F)F. The largest absolute Gasteiger partial charge is 0.522 e. The van der Waals surface area contributed by atoms with Crippen LogP contribution in [0, 0.1) is 11.8 Å². The second kappa shape index (κ2) is 2.93. The third-order valence-corrected chi connectivity index (χ3v) is 1.70. The van der Waals surface area contributed by atoms with E-state index in [1.54, 1.807) is 0 Å².